The van der Waals surface area contributed by atoms with Crippen molar-refractivity contribution < 1.29 is 18.9 Å². The molecule has 26 heavy (non-hydrogen) atoms. The fourth-order valence-electron chi connectivity index (χ4n) is 3.54. The third kappa shape index (κ3) is 5.34. The van der Waals surface area contributed by atoms with E-state index in [0.29, 0.717) is 36.8 Å². The van der Waals surface area contributed by atoms with Gasteiger partial charge in [0.15, 0.2) is 0 Å². The Morgan fingerprint density at radius 1 is 1.27 bits per heavy atom. The Hall–Kier alpha value is -1.82. The number of nitrogens with zero attached hydrogens (tertiary/aromatic N) is 2. The van der Waals surface area contributed by atoms with Gasteiger partial charge in [-0.3, -0.25) is 9.59 Å². The first kappa shape index (κ1) is 20.5. The lowest BCUT2D eigenvalue weighted by atomic mass is 10.1. The fraction of sp³-hybridized carbons (Fsp3) is 0.700. The maximum atomic E-state index is 12.9. The van der Waals surface area contributed by atoms with Crippen LogP contribution in [0.2, 0.25) is 0 Å². The number of likely N-dealkylation sites (N-methyl/N-ethyl adjacent to an activating group) is 1. The van der Waals surface area contributed by atoms with E-state index in [1.54, 1.807) is 15.9 Å². The first-order chi connectivity index (χ1) is 12.3. The molecule has 1 aromatic rings. The van der Waals surface area contributed by atoms with E-state index in [4.69, 9.17) is 4.42 Å². The maximum absolute atomic E-state index is 12.9. The van der Waals surface area contributed by atoms with E-state index in [0.717, 1.165) is 38.5 Å². The van der Waals surface area contributed by atoms with Gasteiger partial charge in [-0.1, -0.05) is 13.8 Å². The van der Waals surface area contributed by atoms with Crippen LogP contribution in [-0.4, -0.2) is 67.4 Å². The van der Waals surface area contributed by atoms with E-state index in [1.165, 1.54) is 0 Å². The van der Waals surface area contributed by atoms with E-state index in [2.05, 4.69) is 20.8 Å². The summed E-state index contributed by atoms with van der Waals surface area (Å²) in [7, 11) is 0. The molecular weight excluding hydrogens is 330 g/mol. The van der Waals surface area contributed by atoms with Crippen LogP contribution in [-0.2, 0) is 4.79 Å². The van der Waals surface area contributed by atoms with Crippen LogP contribution in [0.3, 0.4) is 0 Å². The first-order valence-corrected chi connectivity index (χ1v) is 9.79. The smallest absolute Gasteiger partial charge is 0.257 e. The molecule has 1 aromatic heterocycles. The maximum Gasteiger partial charge on any atom is 0.257 e. The van der Waals surface area contributed by atoms with E-state index in [9.17, 15) is 9.59 Å². The van der Waals surface area contributed by atoms with Crippen LogP contribution in [0.25, 0.3) is 0 Å². The van der Waals surface area contributed by atoms with Crippen LogP contribution >= 0.6 is 0 Å². The molecule has 0 unspecified atom stereocenters. The summed E-state index contributed by atoms with van der Waals surface area (Å²) in [5.41, 5.74) is 0.607. The summed E-state index contributed by atoms with van der Waals surface area (Å²) in [5, 5.41) is 0. The molecule has 1 saturated heterocycles. The Morgan fingerprint density at radius 3 is 2.42 bits per heavy atom. The summed E-state index contributed by atoms with van der Waals surface area (Å²) in [6.07, 6.45) is 0.385. The van der Waals surface area contributed by atoms with E-state index >= 15 is 0 Å². The Morgan fingerprint density at radius 2 is 1.92 bits per heavy atom. The molecule has 0 atom stereocenters. The summed E-state index contributed by atoms with van der Waals surface area (Å²) in [4.78, 5) is 30.8. The highest BCUT2D eigenvalue weighted by molar-refractivity contribution is 5.95. The van der Waals surface area contributed by atoms with E-state index in [1.807, 2.05) is 18.7 Å². The molecule has 0 radical (unpaired) electrons. The van der Waals surface area contributed by atoms with Gasteiger partial charge in [0, 0.05) is 19.5 Å². The highest BCUT2D eigenvalue weighted by Gasteiger charge is 2.25. The van der Waals surface area contributed by atoms with Crippen LogP contribution < -0.4 is 4.90 Å². The Balaban J connectivity index is 1.96. The second-order valence-corrected chi connectivity index (χ2v) is 7.71. The Bertz CT molecular complexity index is 616. The molecule has 6 heteroatoms. The van der Waals surface area contributed by atoms with Crippen molar-refractivity contribution in [1.82, 2.24) is 9.80 Å². The average Bonchev–Trinajstić information content (AvgIpc) is 2.95. The minimum Gasteiger partial charge on any atom is -0.466 e. The highest BCUT2D eigenvalue weighted by Crippen LogP contribution is 2.17. The number of aryl methyl sites for hydroxylation is 2. The molecule has 146 valence electrons. The number of carbonyl (C=O) groups excluding carboxylic acids is 2. The zero-order valence-electron chi connectivity index (χ0n) is 16.9. The molecular formula is C20H34N3O3+. The van der Waals surface area contributed by atoms with Crippen LogP contribution in [0.4, 0.5) is 0 Å². The normalized spacial score (nSPS) is 15.5. The number of amides is 2. The molecule has 0 saturated carbocycles. The van der Waals surface area contributed by atoms with Crippen molar-refractivity contribution in [1.29, 1.82) is 0 Å². The molecule has 0 aliphatic carbocycles. The van der Waals surface area contributed by atoms with E-state index in [-0.39, 0.29) is 11.8 Å². The van der Waals surface area contributed by atoms with Gasteiger partial charge >= 0.3 is 0 Å². The van der Waals surface area contributed by atoms with Gasteiger partial charge in [-0.05, 0) is 32.8 Å². The van der Waals surface area contributed by atoms with E-state index < -0.39 is 0 Å². The summed E-state index contributed by atoms with van der Waals surface area (Å²) >= 11 is 0. The number of nitrogens with one attached hydrogen (secondary N) is 1. The zero-order chi connectivity index (χ0) is 19.3. The average molecular weight is 365 g/mol. The largest absolute Gasteiger partial charge is 0.466 e. The summed E-state index contributed by atoms with van der Waals surface area (Å²) < 4.78 is 5.51. The summed E-state index contributed by atoms with van der Waals surface area (Å²) in [5.74, 6) is 1.84. The topological polar surface area (TPSA) is 58.2 Å². The van der Waals surface area contributed by atoms with Crippen molar-refractivity contribution in [2.75, 3.05) is 45.8 Å². The number of hydrogen-bond acceptors (Lipinski definition) is 3. The molecule has 6 nitrogen and oxygen atoms in total. The standard InChI is InChI=1S/C20H33N3O3/c1-6-21-9-11-22(12-10-21)19(24)7-8-23(14-15(2)3)20(25)18-13-16(4)26-17(18)5/h13,15H,6-12,14H2,1-5H3/p+1. The molecule has 2 rings (SSSR count). The third-order valence-electron chi connectivity index (χ3n) is 5.06. The van der Waals surface area contributed by atoms with Gasteiger partial charge in [0.05, 0.1) is 38.3 Å². The Kier molecular flexibility index (Phi) is 7.26. The third-order valence-corrected chi connectivity index (χ3v) is 5.06. The van der Waals surface area contributed by atoms with Crippen molar-refractivity contribution in [2.45, 2.75) is 41.0 Å². The van der Waals surface area contributed by atoms with Crippen LogP contribution in [0, 0.1) is 19.8 Å². The lowest BCUT2D eigenvalue weighted by Crippen LogP contribution is -3.14. The lowest BCUT2D eigenvalue weighted by Gasteiger charge is -2.32. The van der Waals surface area contributed by atoms with Crippen molar-refractivity contribution in [3.8, 4) is 0 Å². The number of quaternary nitrogens is 1. The SMILES string of the molecule is CC[NH+]1CCN(C(=O)CCN(CC(C)C)C(=O)c2cc(C)oc2C)CC1. The highest BCUT2D eigenvalue weighted by atomic mass is 16.3. The molecule has 2 amide bonds. The molecule has 0 spiro atoms. The van der Waals surface area contributed by atoms with Gasteiger partial charge in [-0.15, -0.1) is 0 Å². The van der Waals surface area contributed by atoms with Crippen LogP contribution in [0.15, 0.2) is 10.5 Å². The van der Waals surface area contributed by atoms with Gasteiger partial charge < -0.3 is 19.1 Å². The van der Waals surface area contributed by atoms with Crippen molar-refractivity contribution in [3.05, 3.63) is 23.2 Å². The number of rotatable bonds is 7. The predicted molar refractivity (Wildman–Crippen MR) is 101 cm³/mol. The molecule has 0 aromatic carbocycles. The van der Waals surface area contributed by atoms with Gasteiger partial charge in [0.25, 0.3) is 5.91 Å². The van der Waals surface area contributed by atoms with Crippen LogP contribution in [0.1, 0.15) is 49.1 Å². The van der Waals surface area contributed by atoms with Gasteiger partial charge in [0.2, 0.25) is 5.91 Å². The second-order valence-electron chi connectivity index (χ2n) is 7.71. The molecule has 1 N–H and O–H groups in total. The quantitative estimate of drug-likeness (QED) is 0.789. The van der Waals surface area contributed by atoms with Gasteiger partial charge in [0.1, 0.15) is 11.5 Å². The number of piperazine rings is 1. The van der Waals surface area contributed by atoms with Gasteiger partial charge in [-0.25, -0.2) is 0 Å². The first-order valence-electron chi connectivity index (χ1n) is 9.79. The number of hydrogen-bond donors (Lipinski definition) is 1. The minimum absolute atomic E-state index is 0.0407. The van der Waals surface area contributed by atoms with Crippen molar-refractivity contribution >= 4 is 11.8 Å². The Labute approximate surface area is 157 Å². The van der Waals surface area contributed by atoms with Crippen molar-refractivity contribution in [2.24, 2.45) is 5.92 Å². The molecule has 1 fully saturated rings. The molecule has 0 bridgehead atoms. The predicted octanol–water partition coefficient (Wildman–Crippen LogP) is 1.13. The number of carbonyl (C=O) groups is 2. The molecule has 1 aliphatic heterocycles. The van der Waals surface area contributed by atoms with Gasteiger partial charge in [-0.2, -0.15) is 0 Å². The molecule has 2 heterocycles. The van der Waals surface area contributed by atoms with Crippen LogP contribution in [0.5, 0.6) is 0 Å². The molecule has 1 aliphatic rings. The second kappa shape index (κ2) is 9.21. The fourth-order valence-corrected chi connectivity index (χ4v) is 3.54. The summed E-state index contributed by atoms with van der Waals surface area (Å²) in [6.45, 7) is 15.9. The number of furan rings is 1. The minimum atomic E-state index is -0.0407. The zero-order valence-corrected chi connectivity index (χ0v) is 16.9. The lowest BCUT2D eigenvalue weighted by molar-refractivity contribution is -0.902. The summed E-state index contributed by atoms with van der Waals surface area (Å²) in [6, 6.07) is 1.79. The monoisotopic (exact) mass is 364 g/mol. The van der Waals surface area contributed by atoms with Crippen molar-refractivity contribution in [3.63, 3.8) is 0 Å².